The molecule has 0 spiro atoms. The summed E-state index contributed by atoms with van der Waals surface area (Å²) in [4.78, 5) is 21.9. The number of nitrogens with one attached hydrogen (secondary N) is 1. The maximum absolute atomic E-state index is 13.3. The van der Waals surface area contributed by atoms with E-state index in [-0.39, 0.29) is 11.7 Å². The van der Waals surface area contributed by atoms with Gasteiger partial charge in [-0.15, -0.1) is 0 Å². The molecule has 3 aromatic rings. The van der Waals surface area contributed by atoms with E-state index in [0.717, 1.165) is 23.0 Å². The minimum absolute atomic E-state index is 0.137. The third kappa shape index (κ3) is 2.58. The van der Waals surface area contributed by atoms with Gasteiger partial charge in [-0.2, -0.15) is 0 Å². The fourth-order valence-electron chi connectivity index (χ4n) is 3.10. The highest BCUT2D eigenvalue weighted by molar-refractivity contribution is 5.95. The molecule has 4 nitrogen and oxygen atoms in total. The molecule has 1 amide bonds. The first-order valence-corrected chi connectivity index (χ1v) is 7.89. The number of benzene rings is 1. The van der Waals surface area contributed by atoms with Crippen LogP contribution in [0.2, 0.25) is 0 Å². The van der Waals surface area contributed by atoms with Crippen LogP contribution in [-0.2, 0) is 0 Å². The summed E-state index contributed by atoms with van der Waals surface area (Å²) in [5.74, 6) is -0.527. The predicted octanol–water partition coefficient (Wildman–Crippen LogP) is 3.63. The number of aromatic nitrogens is 2. The van der Waals surface area contributed by atoms with Crippen LogP contribution in [0, 0.1) is 5.82 Å². The molecule has 1 N–H and O–H groups in total. The number of carbonyl (C=O) groups excluding carboxylic acids is 1. The van der Waals surface area contributed by atoms with Gasteiger partial charge in [0.05, 0.1) is 11.0 Å². The van der Waals surface area contributed by atoms with Gasteiger partial charge in [-0.25, -0.2) is 4.39 Å². The third-order valence-corrected chi connectivity index (χ3v) is 4.35. The van der Waals surface area contributed by atoms with Gasteiger partial charge in [-0.05, 0) is 42.3 Å². The maximum Gasteiger partial charge on any atom is 0.254 e. The summed E-state index contributed by atoms with van der Waals surface area (Å²) in [6.45, 7) is 1.13. The van der Waals surface area contributed by atoms with Crippen LogP contribution in [0.5, 0.6) is 0 Å². The summed E-state index contributed by atoms with van der Waals surface area (Å²) in [6, 6.07) is 9.73. The molecule has 0 fully saturated rings. The van der Waals surface area contributed by atoms with Crippen molar-refractivity contribution in [1.82, 2.24) is 14.9 Å². The molecule has 1 aliphatic rings. The minimum Gasteiger partial charge on any atom is -0.359 e. The standard InChI is InChI=1S/C19H16FN3O/c20-15-4-1-3-14(11-15)19(24)23-9-6-13(7-10-23)16-12-22-17-5-2-8-21-18(16)17/h1-6,8,11-12,22H,7,9-10H2. The van der Waals surface area contributed by atoms with E-state index in [1.807, 2.05) is 18.3 Å². The number of carbonyl (C=O) groups is 1. The van der Waals surface area contributed by atoms with Crippen molar-refractivity contribution in [3.8, 4) is 0 Å². The Kier molecular flexibility index (Phi) is 3.61. The predicted molar refractivity (Wildman–Crippen MR) is 91.0 cm³/mol. The lowest BCUT2D eigenvalue weighted by molar-refractivity contribution is 0.0772. The van der Waals surface area contributed by atoms with Gasteiger partial charge in [0.2, 0.25) is 0 Å². The van der Waals surface area contributed by atoms with E-state index < -0.39 is 0 Å². The molecule has 1 aromatic carbocycles. The Balaban J connectivity index is 1.56. The Bertz CT molecular complexity index is 944. The van der Waals surface area contributed by atoms with Crippen molar-refractivity contribution in [3.05, 3.63) is 71.8 Å². The van der Waals surface area contributed by atoms with E-state index in [1.54, 1.807) is 23.2 Å². The van der Waals surface area contributed by atoms with Crippen molar-refractivity contribution in [2.75, 3.05) is 13.1 Å². The second-order valence-corrected chi connectivity index (χ2v) is 5.84. The smallest absolute Gasteiger partial charge is 0.254 e. The van der Waals surface area contributed by atoms with Gasteiger partial charge in [0, 0.05) is 36.6 Å². The lowest BCUT2D eigenvalue weighted by atomic mass is 10.0. The number of rotatable bonds is 2. The fraction of sp³-hybridized carbons (Fsp3) is 0.158. The second kappa shape index (κ2) is 5.92. The van der Waals surface area contributed by atoms with Crippen molar-refractivity contribution >= 4 is 22.5 Å². The molecule has 0 bridgehead atoms. The van der Waals surface area contributed by atoms with E-state index in [0.29, 0.717) is 18.7 Å². The van der Waals surface area contributed by atoms with E-state index >= 15 is 0 Å². The molecule has 1 aliphatic heterocycles. The molecule has 3 heterocycles. The monoisotopic (exact) mass is 321 g/mol. The minimum atomic E-state index is -0.390. The van der Waals surface area contributed by atoms with Crippen molar-refractivity contribution in [1.29, 1.82) is 0 Å². The zero-order valence-corrected chi connectivity index (χ0v) is 13.0. The number of nitrogens with zero attached hydrogens (tertiary/aromatic N) is 2. The number of aromatic amines is 1. The van der Waals surface area contributed by atoms with Crippen LogP contribution in [0.1, 0.15) is 22.3 Å². The topological polar surface area (TPSA) is 49.0 Å². The van der Waals surface area contributed by atoms with Crippen LogP contribution < -0.4 is 0 Å². The van der Waals surface area contributed by atoms with Gasteiger partial charge >= 0.3 is 0 Å². The Labute approximate surface area is 138 Å². The first kappa shape index (κ1) is 14.6. The van der Waals surface area contributed by atoms with Gasteiger partial charge in [0.1, 0.15) is 5.82 Å². The summed E-state index contributed by atoms with van der Waals surface area (Å²) in [5.41, 5.74) is 4.62. The molecule has 0 saturated carbocycles. The third-order valence-electron chi connectivity index (χ3n) is 4.35. The molecule has 5 heteroatoms. The van der Waals surface area contributed by atoms with Crippen molar-refractivity contribution in [2.45, 2.75) is 6.42 Å². The summed E-state index contributed by atoms with van der Waals surface area (Å²) in [6.07, 6.45) is 6.55. The van der Waals surface area contributed by atoms with Crippen molar-refractivity contribution < 1.29 is 9.18 Å². The molecular formula is C19H16FN3O. The zero-order chi connectivity index (χ0) is 16.5. The summed E-state index contributed by atoms with van der Waals surface area (Å²) in [7, 11) is 0. The van der Waals surface area contributed by atoms with E-state index in [2.05, 4.69) is 16.0 Å². The van der Waals surface area contributed by atoms with Gasteiger partial charge in [-0.3, -0.25) is 9.78 Å². The van der Waals surface area contributed by atoms with Crippen molar-refractivity contribution in [2.24, 2.45) is 0 Å². The Hall–Kier alpha value is -2.95. The lowest BCUT2D eigenvalue weighted by Gasteiger charge is -2.26. The van der Waals surface area contributed by atoms with E-state index in [9.17, 15) is 9.18 Å². The average molecular weight is 321 g/mol. The Morgan fingerprint density at radius 1 is 1.25 bits per heavy atom. The second-order valence-electron chi connectivity index (χ2n) is 5.84. The molecule has 0 unspecified atom stereocenters. The highest BCUT2D eigenvalue weighted by atomic mass is 19.1. The number of amides is 1. The van der Waals surface area contributed by atoms with Crippen LogP contribution in [-0.4, -0.2) is 33.9 Å². The zero-order valence-electron chi connectivity index (χ0n) is 13.0. The highest BCUT2D eigenvalue weighted by Crippen LogP contribution is 2.28. The number of pyridine rings is 1. The van der Waals surface area contributed by atoms with Gasteiger partial charge in [0.25, 0.3) is 5.91 Å². The number of fused-ring (bicyclic) bond motifs is 1. The van der Waals surface area contributed by atoms with E-state index in [4.69, 9.17) is 0 Å². The van der Waals surface area contributed by atoms with Crippen molar-refractivity contribution in [3.63, 3.8) is 0 Å². The average Bonchev–Trinajstić information content (AvgIpc) is 3.05. The molecule has 120 valence electrons. The van der Waals surface area contributed by atoms with Crippen LogP contribution in [0.4, 0.5) is 4.39 Å². The maximum atomic E-state index is 13.3. The molecule has 0 aliphatic carbocycles. The summed E-state index contributed by atoms with van der Waals surface area (Å²) in [5, 5.41) is 0. The Morgan fingerprint density at radius 3 is 2.96 bits per heavy atom. The SMILES string of the molecule is O=C(c1cccc(F)c1)N1CC=C(c2c[nH]c3cccnc23)CC1. The molecule has 24 heavy (non-hydrogen) atoms. The molecule has 0 saturated heterocycles. The molecule has 0 atom stereocenters. The number of halogens is 1. The molecule has 0 radical (unpaired) electrons. The first-order chi connectivity index (χ1) is 11.7. The van der Waals surface area contributed by atoms with E-state index in [1.165, 1.54) is 17.7 Å². The van der Waals surface area contributed by atoms with Gasteiger partial charge in [-0.1, -0.05) is 12.1 Å². The van der Waals surface area contributed by atoms with Crippen LogP contribution >= 0.6 is 0 Å². The number of hydrogen-bond donors (Lipinski definition) is 1. The van der Waals surface area contributed by atoms with Crippen LogP contribution in [0.3, 0.4) is 0 Å². The van der Waals surface area contributed by atoms with Gasteiger partial charge in [0.15, 0.2) is 0 Å². The number of hydrogen-bond acceptors (Lipinski definition) is 2. The molecular weight excluding hydrogens is 305 g/mol. The van der Waals surface area contributed by atoms with Gasteiger partial charge < -0.3 is 9.88 Å². The lowest BCUT2D eigenvalue weighted by Crippen LogP contribution is -2.34. The molecule has 4 rings (SSSR count). The number of H-pyrrole nitrogens is 1. The fourth-order valence-corrected chi connectivity index (χ4v) is 3.10. The van der Waals surface area contributed by atoms with Crippen LogP contribution in [0.25, 0.3) is 16.6 Å². The Morgan fingerprint density at radius 2 is 2.17 bits per heavy atom. The van der Waals surface area contributed by atoms with Crippen LogP contribution in [0.15, 0.2) is 54.9 Å². The summed E-state index contributed by atoms with van der Waals surface area (Å²) < 4.78 is 13.3. The normalized spacial score (nSPS) is 14.7. The highest BCUT2D eigenvalue weighted by Gasteiger charge is 2.21. The largest absolute Gasteiger partial charge is 0.359 e. The summed E-state index contributed by atoms with van der Waals surface area (Å²) >= 11 is 0. The molecule has 2 aromatic heterocycles. The first-order valence-electron chi connectivity index (χ1n) is 7.89. The quantitative estimate of drug-likeness (QED) is 0.783.